The molecule has 3 aromatic carbocycles. The summed E-state index contributed by atoms with van der Waals surface area (Å²) in [4.78, 5) is 0. The second-order valence-corrected chi connectivity index (χ2v) is 4.54. The van der Waals surface area contributed by atoms with E-state index in [1.54, 1.807) is 24.3 Å². The van der Waals surface area contributed by atoms with E-state index in [2.05, 4.69) is 0 Å². The highest BCUT2D eigenvalue weighted by molar-refractivity contribution is 6.01. The first-order chi connectivity index (χ1) is 10.7. The lowest BCUT2D eigenvalue weighted by atomic mass is 9.96. The molecule has 0 amide bonds. The average Bonchev–Trinajstić information content (AvgIpc) is 2.57. The second kappa shape index (κ2) is 6.85. The molecule has 0 saturated heterocycles. The van der Waals surface area contributed by atoms with Gasteiger partial charge in [0.15, 0.2) is 11.5 Å². The van der Waals surface area contributed by atoms with Crippen LogP contribution in [0.3, 0.4) is 0 Å². The van der Waals surface area contributed by atoms with Crippen LogP contribution in [0.25, 0.3) is 21.9 Å². The van der Waals surface area contributed by atoms with Crippen molar-refractivity contribution >= 4 is 10.8 Å². The van der Waals surface area contributed by atoms with Crippen molar-refractivity contribution in [1.29, 1.82) is 0 Å². The first kappa shape index (κ1) is 15.7. The molecule has 0 aromatic heterocycles. The molecule has 3 aromatic rings. The number of rotatable bonds is 2. The maximum Gasteiger partial charge on any atom is 0.165 e. The van der Waals surface area contributed by atoms with Crippen LogP contribution in [0.1, 0.15) is 13.8 Å². The molecule has 0 fully saturated rings. The molecule has 0 spiro atoms. The van der Waals surface area contributed by atoms with Crippen LogP contribution in [0.15, 0.2) is 54.6 Å². The quantitative estimate of drug-likeness (QED) is 0.703. The Balaban J connectivity index is 0.000000847. The Hall–Kier alpha value is -2.68. The van der Waals surface area contributed by atoms with Crippen molar-refractivity contribution in [2.24, 2.45) is 0 Å². The van der Waals surface area contributed by atoms with Crippen molar-refractivity contribution in [2.45, 2.75) is 13.8 Å². The lowest BCUT2D eigenvalue weighted by molar-refractivity contribution is 0.374. The van der Waals surface area contributed by atoms with Gasteiger partial charge in [-0.25, -0.2) is 0 Å². The maximum atomic E-state index is 10.3. The van der Waals surface area contributed by atoms with Crippen molar-refractivity contribution in [3.05, 3.63) is 54.6 Å². The summed E-state index contributed by atoms with van der Waals surface area (Å²) in [5.41, 5.74) is 1.16. The number of para-hydroxylation sites is 1. The van der Waals surface area contributed by atoms with Crippen molar-refractivity contribution in [1.82, 2.24) is 0 Å². The van der Waals surface area contributed by atoms with Gasteiger partial charge < -0.3 is 14.9 Å². The van der Waals surface area contributed by atoms with Crippen LogP contribution in [-0.4, -0.2) is 17.3 Å². The van der Waals surface area contributed by atoms with E-state index in [4.69, 9.17) is 4.74 Å². The number of aromatic hydroxyl groups is 2. The highest BCUT2D eigenvalue weighted by atomic mass is 16.5. The summed E-state index contributed by atoms with van der Waals surface area (Å²) in [6, 6.07) is 16.5. The van der Waals surface area contributed by atoms with Crippen LogP contribution in [0.5, 0.6) is 17.2 Å². The predicted molar refractivity (Wildman–Crippen MR) is 90.6 cm³/mol. The number of benzene rings is 3. The minimum Gasteiger partial charge on any atom is -0.507 e. The Labute approximate surface area is 130 Å². The minimum atomic E-state index is 0.0293. The van der Waals surface area contributed by atoms with E-state index >= 15 is 0 Å². The molecule has 3 heteroatoms. The zero-order chi connectivity index (χ0) is 16.1. The van der Waals surface area contributed by atoms with Gasteiger partial charge in [-0.2, -0.15) is 0 Å². The van der Waals surface area contributed by atoms with E-state index in [-0.39, 0.29) is 11.5 Å². The summed E-state index contributed by atoms with van der Waals surface area (Å²) in [5.74, 6) is 0.545. The molecule has 3 nitrogen and oxygen atoms in total. The highest BCUT2D eigenvalue weighted by Gasteiger charge is 2.15. The standard InChI is InChI=1S/C17H14O3.C2H6/c1-20-15-8-4-7-13(17(15)19)16-12-6-3-2-5-11(12)9-10-14(16)18;1-2/h2-10,18-19H,1H3;1-2H3. The van der Waals surface area contributed by atoms with Gasteiger partial charge in [0.1, 0.15) is 5.75 Å². The van der Waals surface area contributed by atoms with Crippen LogP contribution >= 0.6 is 0 Å². The summed E-state index contributed by atoms with van der Waals surface area (Å²) in [7, 11) is 1.50. The molecule has 0 bridgehead atoms. The lowest BCUT2D eigenvalue weighted by Crippen LogP contribution is -1.88. The van der Waals surface area contributed by atoms with Gasteiger partial charge >= 0.3 is 0 Å². The Morgan fingerprint density at radius 1 is 0.818 bits per heavy atom. The van der Waals surface area contributed by atoms with Gasteiger partial charge in [0.25, 0.3) is 0 Å². The normalized spacial score (nSPS) is 9.95. The van der Waals surface area contributed by atoms with Crippen LogP contribution in [-0.2, 0) is 0 Å². The van der Waals surface area contributed by atoms with Crippen LogP contribution in [0.2, 0.25) is 0 Å². The van der Waals surface area contributed by atoms with Crippen molar-refractivity contribution in [2.75, 3.05) is 7.11 Å². The number of methoxy groups -OCH3 is 1. The molecule has 0 atom stereocenters. The number of ether oxygens (including phenoxy) is 1. The molecule has 114 valence electrons. The molecule has 0 aliphatic carbocycles. The maximum absolute atomic E-state index is 10.3. The van der Waals surface area contributed by atoms with Gasteiger partial charge in [0.2, 0.25) is 0 Å². The second-order valence-electron chi connectivity index (χ2n) is 4.54. The molecular weight excluding hydrogens is 276 g/mol. The van der Waals surface area contributed by atoms with E-state index in [9.17, 15) is 10.2 Å². The monoisotopic (exact) mass is 296 g/mol. The largest absolute Gasteiger partial charge is 0.507 e. The van der Waals surface area contributed by atoms with Gasteiger partial charge in [-0.05, 0) is 22.9 Å². The van der Waals surface area contributed by atoms with E-state index in [1.807, 2.05) is 44.2 Å². The molecule has 0 saturated carbocycles. The molecule has 0 heterocycles. The molecule has 22 heavy (non-hydrogen) atoms. The van der Waals surface area contributed by atoms with Crippen LogP contribution in [0, 0.1) is 0 Å². The lowest BCUT2D eigenvalue weighted by Gasteiger charge is -2.13. The summed E-state index contributed by atoms with van der Waals surface area (Å²) in [6.45, 7) is 4.00. The molecule has 0 radical (unpaired) electrons. The topological polar surface area (TPSA) is 49.7 Å². The highest BCUT2D eigenvalue weighted by Crippen LogP contribution is 2.43. The Morgan fingerprint density at radius 3 is 2.27 bits per heavy atom. The van der Waals surface area contributed by atoms with Crippen LogP contribution < -0.4 is 4.74 Å². The smallest absolute Gasteiger partial charge is 0.165 e. The van der Waals surface area contributed by atoms with E-state index < -0.39 is 0 Å². The predicted octanol–water partition coefficient (Wildman–Crippen LogP) is 4.95. The molecule has 0 aliphatic rings. The SMILES string of the molecule is CC.COc1cccc(-c2c(O)ccc3ccccc23)c1O. The third-order valence-corrected chi connectivity index (χ3v) is 3.40. The number of hydrogen-bond acceptors (Lipinski definition) is 3. The van der Waals surface area contributed by atoms with Gasteiger partial charge in [0.05, 0.1) is 7.11 Å². The third-order valence-electron chi connectivity index (χ3n) is 3.40. The van der Waals surface area contributed by atoms with Gasteiger partial charge in [-0.1, -0.05) is 56.3 Å². The number of hydrogen-bond donors (Lipinski definition) is 2. The fourth-order valence-corrected chi connectivity index (χ4v) is 2.43. The summed E-state index contributed by atoms with van der Waals surface area (Å²) in [6.07, 6.45) is 0. The van der Waals surface area contributed by atoms with Crippen molar-refractivity contribution < 1.29 is 14.9 Å². The van der Waals surface area contributed by atoms with Gasteiger partial charge in [0, 0.05) is 11.1 Å². The van der Waals surface area contributed by atoms with Gasteiger partial charge in [-0.3, -0.25) is 0 Å². The summed E-state index contributed by atoms with van der Waals surface area (Å²) >= 11 is 0. The average molecular weight is 296 g/mol. The molecule has 2 N–H and O–H groups in total. The zero-order valence-corrected chi connectivity index (χ0v) is 13.0. The fraction of sp³-hybridized carbons (Fsp3) is 0.158. The number of fused-ring (bicyclic) bond motifs is 1. The van der Waals surface area contributed by atoms with Crippen molar-refractivity contribution in [3.63, 3.8) is 0 Å². The van der Waals surface area contributed by atoms with Crippen molar-refractivity contribution in [3.8, 4) is 28.4 Å². The summed E-state index contributed by atoms with van der Waals surface area (Å²) in [5, 5.41) is 22.4. The third kappa shape index (κ3) is 2.70. The Kier molecular flexibility index (Phi) is 4.89. The van der Waals surface area contributed by atoms with E-state index in [1.165, 1.54) is 7.11 Å². The first-order valence-electron chi connectivity index (χ1n) is 7.29. The minimum absolute atomic E-state index is 0.0293. The zero-order valence-electron chi connectivity index (χ0n) is 13.0. The molecule has 0 aliphatic heterocycles. The molecule has 3 rings (SSSR count). The number of phenolic OH excluding ortho intramolecular Hbond substituents is 2. The summed E-state index contributed by atoms with van der Waals surface area (Å²) < 4.78 is 5.13. The Bertz CT molecular complexity index is 779. The number of phenols is 2. The first-order valence-corrected chi connectivity index (χ1v) is 7.29. The van der Waals surface area contributed by atoms with Crippen LogP contribution in [0.4, 0.5) is 0 Å². The fourth-order valence-electron chi connectivity index (χ4n) is 2.43. The molecular formula is C19H20O3. The van der Waals surface area contributed by atoms with E-state index in [0.717, 1.165) is 10.8 Å². The van der Waals surface area contributed by atoms with E-state index in [0.29, 0.717) is 16.9 Å². The van der Waals surface area contributed by atoms with Gasteiger partial charge in [-0.15, -0.1) is 0 Å². The molecule has 0 unspecified atom stereocenters. The Morgan fingerprint density at radius 2 is 1.55 bits per heavy atom.